The van der Waals surface area contributed by atoms with Crippen molar-refractivity contribution in [3.63, 3.8) is 0 Å². The highest BCUT2D eigenvalue weighted by Crippen LogP contribution is 2.23. The van der Waals surface area contributed by atoms with Crippen molar-refractivity contribution in [3.8, 4) is 0 Å². The smallest absolute Gasteiger partial charge is 0.0628 e. The molecular weight excluding hydrogens is 291 g/mol. The average molecular weight is 308 g/mol. The second-order valence-corrected chi connectivity index (χ2v) is 5.26. The standard InChI is InChI=1S/C12H16BrClO2/c1-8(7-16-2)12(15)5-9-3-4-10(13)6-11(9)14/h3-4,6,8,12,15H,5,7H2,1-2H3. The van der Waals surface area contributed by atoms with E-state index in [9.17, 15) is 5.11 Å². The van der Waals surface area contributed by atoms with Crippen LogP contribution in [0.15, 0.2) is 22.7 Å². The van der Waals surface area contributed by atoms with Gasteiger partial charge in [-0.1, -0.05) is 40.5 Å². The van der Waals surface area contributed by atoms with Gasteiger partial charge >= 0.3 is 0 Å². The Kier molecular flexibility index (Phi) is 5.76. The zero-order chi connectivity index (χ0) is 12.1. The van der Waals surface area contributed by atoms with Crippen molar-refractivity contribution in [2.45, 2.75) is 19.4 Å². The van der Waals surface area contributed by atoms with E-state index in [2.05, 4.69) is 15.9 Å². The van der Waals surface area contributed by atoms with Crippen molar-refractivity contribution in [2.24, 2.45) is 5.92 Å². The first-order valence-electron chi connectivity index (χ1n) is 5.15. The van der Waals surface area contributed by atoms with Crippen LogP contribution in [0.25, 0.3) is 0 Å². The monoisotopic (exact) mass is 306 g/mol. The van der Waals surface area contributed by atoms with Crippen LogP contribution in [0.5, 0.6) is 0 Å². The summed E-state index contributed by atoms with van der Waals surface area (Å²) in [6.07, 6.45) is 0.120. The fourth-order valence-corrected chi connectivity index (χ4v) is 2.24. The summed E-state index contributed by atoms with van der Waals surface area (Å²) in [5.41, 5.74) is 0.959. The Labute approximate surface area is 110 Å². The molecule has 2 atom stereocenters. The van der Waals surface area contributed by atoms with Crippen LogP contribution in [0, 0.1) is 5.92 Å². The van der Waals surface area contributed by atoms with Crippen LogP contribution in [0.2, 0.25) is 5.02 Å². The molecule has 0 radical (unpaired) electrons. The molecule has 0 bridgehead atoms. The predicted molar refractivity (Wildman–Crippen MR) is 69.9 cm³/mol. The fraction of sp³-hybridized carbons (Fsp3) is 0.500. The summed E-state index contributed by atoms with van der Waals surface area (Å²) in [5.74, 6) is 0.102. The SMILES string of the molecule is COCC(C)C(O)Cc1ccc(Br)cc1Cl. The van der Waals surface area contributed by atoms with Crippen LogP contribution in [0.3, 0.4) is 0 Å². The normalized spacial score (nSPS) is 14.8. The lowest BCUT2D eigenvalue weighted by Gasteiger charge is -2.18. The molecule has 0 aromatic heterocycles. The van der Waals surface area contributed by atoms with Gasteiger partial charge in [-0.05, 0) is 17.7 Å². The van der Waals surface area contributed by atoms with Crippen molar-refractivity contribution < 1.29 is 9.84 Å². The van der Waals surface area contributed by atoms with Crippen LogP contribution in [-0.4, -0.2) is 24.9 Å². The summed E-state index contributed by atoms with van der Waals surface area (Å²) in [5, 5.41) is 10.6. The molecule has 1 aromatic rings. The topological polar surface area (TPSA) is 29.5 Å². The van der Waals surface area contributed by atoms with E-state index >= 15 is 0 Å². The number of ether oxygens (including phenoxy) is 1. The Morgan fingerprint density at radius 3 is 2.75 bits per heavy atom. The van der Waals surface area contributed by atoms with E-state index in [1.165, 1.54) is 0 Å². The fourth-order valence-electron chi connectivity index (χ4n) is 1.49. The molecule has 0 fully saturated rings. The highest BCUT2D eigenvalue weighted by molar-refractivity contribution is 9.10. The zero-order valence-electron chi connectivity index (χ0n) is 9.41. The molecule has 16 heavy (non-hydrogen) atoms. The number of hydrogen-bond acceptors (Lipinski definition) is 2. The van der Waals surface area contributed by atoms with Gasteiger partial charge in [0.15, 0.2) is 0 Å². The molecular formula is C12H16BrClO2. The van der Waals surface area contributed by atoms with E-state index in [1.54, 1.807) is 7.11 Å². The number of hydrogen-bond donors (Lipinski definition) is 1. The van der Waals surface area contributed by atoms with E-state index in [-0.39, 0.29) is 5.92 Å². The molecule has 0 saturated carbocycles. The third kappa shape index (κ3) is 4.06. The Bertz CT molecular complexity index is 344. The summed E-state index contributed by atoms with van der Waals surface area (Å²) in [6, 6.07) is 5.69. The lowest BCUT2D eigenvalue weighted by Crippen LogP contribution is -2.24. The summed E-state index contributed by atoms with van der Waals surface area (Å²) in [7, 11) is 1.63. The molecule has 0 saturated heterocycles. The van der Waals surface area contributed by atoms with Crippen LogP contribution < -0.4 is 0 Å². The van der Waals surface area contributed by atoms with Gasteiger partial charge in [-0.3, -0.25) is 0 Å². The molecule has 0 heterocycles. The van der Waals surface area contributed by atoms with Gasteiger partial charge in [-0.15, -0.1) is 0 Å². The zero-order valence-corrected chi connectivity index (χ0v) is 11.8. The molecule has 0 aliphatic carbocycles. The Hall–Kier alpha value is -0.0900. The minimum atomic E-state index is -0.432. The van der Waals surface area contributed by atoms with Gasteiger partial charge in [0.1, 0.15) is 0 Å². The van der Waals surface area contributed by atoms with Gasteiger partial charge in [0.2, 0.25) is 0 Å². The van der Waals surface area contributed by atoms with E-state index in [4.69, 9.17) is 16.3 Å². The van der Waals surface area contributed by atoms with Crippen molar-refractivity contribution in [2.75, 3.05) is 13.7 Å². The number of aliphatic hydroxyl groups is 1. The molecule has 2 nitrogen and oxygen atoms in total. The molecule has 1 aromatic carbocycles. The van der Waals surface area contributed by atoms with Gasteiger partial charge in [-0.25, -0.2) is 0 Å². The molecule has 0 aliphatic rings. The maximum Gasteiger partial charge on any atom is 0.0628 e. The minimum absolute atomic E-state index is 0.102. The first-order chi connectivity index (χ1) is 7.54. The highest BCUT2D eigenvalue weighted by atomic mass is 79.9. The summed E-state index contributed by atoms with van der Waals surface area (Å²) < 4.78 is 5.96. The average Bonchev–Trinajstić information content (AvgIpc) is 2.22. The maximum absolute atomic E-state index is 9.95. The Morgan fingerprint density at radius 2 is 2.19 bits per heavy atom. The molecule has 1 N–H and O–H groups in total. The Morgan fingerprint density at radius 1 is 1.50 bits per heavy atom. The third-order valence-corrected chi connectivity index (χ3v) is 3.38. The first kappa shape index (κ1) is 14.0. The number of methoxy groups -OCH3 is 1. The van der Waals surface area contributed by atoms with Gasteiger partial charge in [-0.2, -0.15) is 0 Å². The van der Waals surface area contributed by atoms with Crippen LogP contribution in [0.4, 0.5) is 0 Å². The molecule has 90 valence electrons. The second-order valence-electron chi connectivity index (χ2n) is 3.94. The number of aliphatic hydroxyl groups excluding tert-OH is 1. The van der Waals surface area contributed by atoms with Crippen molar-refractivity contribution in [1.29, 1.82) is 0 Å². The van der Waals surface area contributed by atoms with E-state index in [0.29, 0.717) is 18.1 Å². The van der Waals surface area contributed by atoms with Gasteiger partial charge in [0, 0.05) is 28.9 Å². The second kappa shape index (κ2) is 6.60. The lowest BCUT2D eigenvalue weighted by molar-refractivity contribution is 0.0575. The molecule has 1 rings (SSSR count). The van der Waals surface area contributed by atoms with Crippen molar-refractivity contribution in [3.05, 3.63) is 33.3 Å². The largest absolute Gasteiger partial charge is 0.392 e. The molecule has 2 unspecified atom stereocenters. The highest BCUT2D eigenvalue weighted by Gasteiger charge is 2.16. The van der Waals surface area contributed by atoms with E-state index in [0.717, 1.165) is 10.0 Å². The Balaban J connectivity index is 2.65. The number of rotatable bonds is 5. The quantitative estimate of drug-likeness (QED) is 0.904. The summed E-state index contributed by atoms with van der Waals surface area (Å²) in [4.78, 5) is 0. The third-order valence-electron chi connectivity index (χ3n) is 2.53. The lowest BCUT2D eigenvalue weighted by atomic mass is 9.98. The maximum atomic E-state index is 9.95. The summed E-state index contributed by atoms with van der Waals surface area (Å²) >= 11 is 9.43. The van der Waals surface area contributed by atoms with Gasteiger partial charge in [0.05, 0.1) is 12.7 Å². The van der Waals surface area contributed by atoms with E-state index in [1.807, 2.05) is 25.1 Å². The molecule has 0 amide bonds. The predicted octanol–water partition coefficient (Wildman–Crippen LogP) is 3.29. The van der Waals surface area contributed by atoms with Crippen molar-refractivity contribution in [1.82, 2.24) is 0 Å². The molecule has 4 heteroatoms. The van der Waals surface area contributed by atoms with Crippen molar-refractivity contribution >= 4 is 27.5 Å². The van der Waals surface area contributed by atoms with Crippen LogP contribution >= 0.6 is 27.5 Å². The van der Waals surface area contributed by atoms with Crippen LogP contribution in [0.1, 0.15) is 12.5 Å². The first-order valence-corrected chi connectivity index (χ1v) is 6.32. The van der Waals surface area contributed by atoms with Gasteiger partial charge < -0.3 is 9.84 Å². The molecule has 0 spiro atoms. The number of halogens is 2. The molecule has 0 aliphatic heterocycles. The van der Waals surface area contributed by atoms with E-state index < -0.39 is 6.10 Å². The minimum Gasteiger partial charge on any atom is -0.392 e. The summed E-state index contributed by atoms with van der Waals surface area (Å²) in [6.45, 7) is 2.51. The number of benzene rings is 1. The van der Waals surface area contributed by atoms with Gasteiger partial charge in [0.25, 0.3) is 0 Å². The van der Waals surface area contributed by atoms with Crippen LogP contribution in [-0.2, 0) is 11.2 Å².